The molecule has 1 saturated heterocycles. The van der Waals surface area contributed by atoms with Crippen LogP contribution in [0.2, 0.25) is 0 Å². The molecule has 2 heterocycles. The number of rotatable bonds is 7. The summed E-state index contributed by atoms with van der Waals surface area (Å²) in [7, 11) is 0. The maximum absolute atomic E-state index is 12.3. The van der Waals surface area contributed by atoms with Crippen molar-refractivity contribution in [1.82, 2.24) is 9.88 Å². The van der Waals surface area contributed by atoms with Crippen molar-refractivity contribution in [2.45, 2.75) is 53.0 Å². The Hall–Kier alpha value is -2.05. The van der Waals surface area contributed by atoms with E-state index in [0.29, 0.717) is 10.7 Å². The molecule has 1 amide bonds. The third kappa shape index (κ3) is 5.72. The van der Waals surface area contributed by atoms with Gasteiger partial charge in [-0.2, -0.15) is 0 Å². The average molecular weight is 400 g/mol. The third-order valence-electron chi connectivity index (χ3n) is 5.33. The molecule has 5 nitrogen and oxygen atoms in total. The van der Waals surface area contributed by atoms with Crippen molar-refractivity contribution in [1.29, 1.82) is 0 Å². The van der Waals surface area contributed by atoms with Crippen molar-refractivity contribution in [2.75, 3.05) is 18.4 Å². The van der Waals surface area contributed by atoms with E-state index < -0.39 is 0 Å². The predicted octanol–water partition coefficient (Wildman–Crippen LogP) is 4.59. The largest absolute Gasteiger partial charge is 0.302 e. The first kappa shape index (κ1) is 20.7. The molecule has 1 aliphatic heterocycles. The number of carbonyl (C=O) groups excluding carboxylic acids is 2. The molecule has 1 fully saturated rings. The Labute approximate surface area is 171 Å². The van der Waals surface area contributed by atoms with Gasteiger partial charge >= 0.3 is 0 Å². The second kappa shape index (κ2) is 9.43. The van der Waals surface area contributed by atoms with Gasteiger partial charge in [0.1, 0.15) is 0 Å². The molecule has 1 aromatic heterocycles. The van der Waals surface area contributed by atoms with E-state index in [9.17, 15) is 9.59 Å². The molecule has 1 atom stereocenters. The summed E-state index contributed by atoms with van der Waals surface area (Å²) in [4.78, 5) is 31.5. The predicted molar refractivity (Wildman–Crippen MR) is 114 cm³/mol. The van der Waals surface area contributed by atoms with Crippen molar-refractivity contribution in [3.05, 3.63) is 46.0 Å². The number of anilines is 1. The molecular weight excluding hydrogens is 370 g/mol. The molecule has 0 saturated carbocycles. The summed E-state index contributed by atoms with van der Waals surface area (Å²) in [5.41, 5.74) is 3.92. The number of nitrogens with one attached hydrogen (secondary N) is 1. The first-order valence-corrected chi connectivity index (χ1v) is 10.9. The third-order valence-corrected chi connectivity index (χ3v) is 6.14. The standard InChI is InChI=1S/C22H29N3O2S/c1-15-5-4-10-25(12-15)13-19-14-28-22(23-19)24-21(27)9-8-20(26)18-7-6-16(2)17(3)11-18/h6-7,11,14-15H,4-5,8-10,12-13H2,1-3H3,(H,23,24,27). The van der Waals surface area contributed by atoms with Gasteiger partial charge in [-0.25, -0.2) is 4.98 Å². The van der Waals surface area contributed by atoms with E-state index in [-0.39, 0.29) is 24.5 Å². The molecule has 6 heteroatoms. The van der Waals surface area contributed by atoms with E-state index in [0.717, 1.165) is 42.4 Å². The number of hydrogen-bond acceptors (Lipinski definition) is 5. The van der Waals surface area contributed by atoms with Gasteiger partial charge in [-0.15, -0.1) is 11.3 Å². The quantitative estimate of drug-likeness (QED) is 0.692. The van der Waals surface area contributed by atoms with E-state index in [1.54, 1.807) is 0 Å². The van der Waals surface area contributed by atoms with Crippen molar-refractivity contribution in [3.8, 4) is 0 Å². The van der Waals surface area contributed by atoms with Crippen molar-refractivity contribution < 1.29 is 9.59 Å². The van der Waals surface area contributed by atoms with Crippen LogP contribution in [0.1, 0.15) is 59.8 Å². The fraction of sp³-hybridized carbons (Fsp3) is 0.500. The van der Waals surface area contributed by atoms with Crippen molar-refractivity contribution >= 4 is 28.2 Å². The van der Waals surface area contributed by atoms with E-state index in [1.807, 2.05) is 37.4 Å². The highest BCUT2D eigenvalue weighted by Gasteiger charge is 2.18. The summed E-state index contributed by atoms with van der Waals surface area (Å²) in [6.45, 7) is 9.36. The van der Waals surface area contributed by atoms with Crippen LogP contribution in [0.15, 0.2) is 23.6 Å². The van der Waals surface area contributed by atoms with E-state index in [2.05, 4.69) is 22.1 Å². The molecule has 0 spiro atoms. The first-order valence-electron chi connectivity index (χ1n) is 9.98. The maximum Gasteiger partial charge on any atom is 0.226 e. The lowest BCUT2D eigenvalue weighted by Gasteiger charge is -2.30. The number of likely N-dealkylation sites (tertiary alicyclic amines) is 1. The van der Waals surface area contributed by atoms with Crippen LogP contribution in [0.4, 0.5) is 5.13 Å². The van der Waals surface area contributed by atoms with Gasteiger partial charge in [0, 0.05) is 36.9 Å². The molecule has 1 unspecified atom stereocenters. The van der Waals surface area contributed by atoms with Gasteiger partial charge in [-0.1, -0.05) is 19.1 Å². The lowest BCUT2D eigenvalue weighted by Crippen LogP contribution is -2.33. The topological polar surface area (TPSA) is 62.3 Å². The summed E-state index contributed by atoms with van der Waals surface area (Å²) in [5, 5.41) is 5.46. The SMILES string of the molecule is Cc1ccc(C(=O)CCC(=O)Nc2nc(CN3CCCC(C)C3)cs2)cc1C. The molecule has 1 N–H and O–H groups in total. The lowest BCUT2D eigenvalue weighted by molar-refractivity contribution is -0.116. The zero-order valence-electron chi connectivity index (χ0n) is 17.0. The van der Waals surface area contributed by atoms with E-state index in [4.69, 9.17) is 0 Å². The van der Waals surface area contributed by atoms with Crippen LogP contribution in [0.5, 0.6) is 0 Å². The summed E-state index contributed by atoms with van der Waals surface area (Å²) in [6, 6.07) is 5.67. The van der Waals surface area contributed by atoms with Crippen LogP contribution in [-0.2, 0) is 11.3 Å². The van der Waals surface area contributed by atoms with E-state index in [1.165, 1.54) is 24.2 Å². The highest BCUT2D eigenvalue weighted by Crippen LogP contribution is 2.21. The molecule has 0 radical (unpaired) electrons. The van der Waals surface area contributed by atoms with E-state index >= 15 is 0 Å². The Kier molecular flexibility index (Phi) is 6.97. The molecule has 28 heavy (non-hydrogen) atoms. The van der Waals surface area contributed by atoms with Gasteiger partial charge in [0.15, 0.2) is 10.9 Å². The van der Waals surface area contributed by atoms with Crippen LogP contribution in [0, 0.1) is 19.8 Å². The summed E-state index contributed by atoms with van der Waals surface area (Å²) in [6.07, 6.45) is 2.92. The number of amides is 1. The summed E-state index contributed by atoms with van der Waals surface area (Å²) in [5.74, 6) is 0.573. The summed E-state index contributed by atoms with van der Waals surface area (Å²) >= 11 is 1.45. The number of piperidine rings is 1. The Morgan fingerprint density at radius 3 is 2.82 bits per heavy atom. The van der Waals surface area contributed by atoms with Gasteiger partial charge in [0.2, 0.25) is 5.91 Å². The number of carbonyl (C=O) groups is 2. The zero-order chi connectivity index (χ0) is 20.1. The number of benzene rings is 1. The smallest absolute Gasteiger partial charge is 0.226 e. The molecule has 1 aliphatic rings. The average Bonchev–Trinajstić information content (AvgIpc) is 3.08. The number of Topliss-reactive ketones (excluding diaryl/α,β-unsaturated/α-hetero) is 1. The number of hydrogen-bond donors (Lipinski definition) is 1. The van der Waals surface area contributed by atoms with Gasteiger partial charge in [0.05, 0.1) is 5.69 Å². The number of thiazole rings is 1. The number of ketones is 1. The van der Waals surface area contributed by atoms with Gasteiger partial charge < -0.3 is 5.32 Å². The fourth-order valence-electron chi connectivity index (χ4n) is 3.56. The Morgan fingerprint density at radius 1 is 1.25 bits per heavy atom. The second-order valence-electron chi connectivity index (χ2n) is 7.90. The fourth-order valence-corrected chi connectivity index (χ4v) is 4.28. The van der Waals surface area contributed by atoms with Crippen molar-refractivity contribution in [3.63, 3.8) is 0 Å². The van der Waals surface area contributed by atoms with Crippen LogP contribution in [-0.4, -0.2) is 34.7 Å². The lowest BCUT2D eigenvalue weighted by atomic mass is 10.0. The highest BCUT2D eigenvalue weighted by molar-refractivity contribution is 7.13. The van der Waals surface area contributed by atoms with Crippen LogP contribution in [0.3, 0.4) is 0 Å². The number of aryl methyl sites for hydroxylation is 2. The van der Waals surface area contributed by atoms with Crippen LogP contribution >= 0.6 is 11.3 Å². The first-order chi connectivity index (χ1) is 13.4. The molecule has 2 aromatic rings. The van der Waals surface area contributed by atoms with Gasteiger partial charge in [-0.05, 0) is 56.3 Å². The van der Waals surface area contributed by atoms with Crippen molar-refractivity contribution in [2.24, 2.45) is 5.92 Å². The maximum atomic E-state index is 12.3. The molecule has 3 rings (SSSR count). The molecule has 0 aliphatic carbocycles. The second-order valence-corrected chi connectivity index (χ2v) is 8.76. The Balaban J connectivity index is 1.46. The van der Waals surface area contributed by atoms with Gasteiger partial charge in [0.25, 0.3) is 0 Å². The number of nitrogens with zero attached hydrogens (tertiary/aromatic N) is 2. The Morgan fingerprint density at radius 2 is 2.07 bits per heavy atom. The Bertz CT molecular complexity index is 846. The number of aromatic nitrogens is 1. The monoisotopic (exact) mass is 399 g/mol. The molecular formula is C22H29N3O2S. The van der Waals surface area contributed by atoms with Crippen LogP contribution < -0.4 is 5.32 Å². The normalized spacial score (nSPS) is 17.5. The molecule has 1 aromatic carbocycles. The van der Waals surface area contributed by atoms with Gasteiger partial charge in [-0.3, -0.25) is 14.5 Å². The summed E-state index contributed by atoms with van der Waals surface area (Å²) < 4.78 is 0. The minimum absolute atomic E-state index is 0.00250. The highest BCUT2D eigenvalue weighted by atomic mass is 32.1. The minimum Gasteiger partial charge on any atom is -0.302 e. The van der Waals surface area contributed by atoms with Crippen LogP contribution in [0.25, 0.3) is 0 Å². The zero-order valence-corrected chi connectivity index (χ0v) is 17.8. The minimum atomic E-state index is -0.162. The molecule has 150 valence electrons. The molecule has 0 bridgehead atoms.